The highest BCUT2D eigenvalue weighted by molar-refractivity contribution is 5.99. The first-order valence-electron chi connectivity index (χ1n) is 7.76. The van der Waals surface area contributed by atoms with E-state index in [4.69, 9.17) is 14.2 Å². The van der Waals surface area contributed by atoms with Gasteiger partial charge in [0.2, 0.25) is 12.9 Å². The van der Waals surface area contributed by atoms with Crippen molar-refractivity contribution in [1.82, 2.24) is 10.6 Å². The van der Waals surface area contributed by atoms with E-state index in [-0.39, 0.29) is 12.4 Å². The van der Waals surface area contributed by atoms with Crippen molar-refractivity contribution in [2.24, 2.45) is 0 Å². The fraction of sp³-hybridized carbons (Fsp3) is 0.167. The second kappa shape index (κ2) is 7.56. The predicted octanol–water partition coefficient (Wildman–Crippen LogP) is 1.77. The normalized spacial score (nSPS) is 12.8. The number of amides is 3. The first-order valence-corrected chi connectivity index (χ1v) is 7.76. The molecule has 0 saturated carbocycles. The van der Waals surface area contributed by atoms with E-state index in [1.807, 2.05) is 0 Å². The largest absolute Gasteiger partial charge is 0.454 e. The third-order valence-electron chi connectivity index (χ3n) is 3.64. The van der Waals surface area contributed by atoms with Gasteiger partial charge in [0.1, 0.15) is 0 Å². The van der Waals surface area contributed by atoms with E-state index >= 15 is 0 Å². The molecule has 0 spiro atoms. The Morgan fingerprint density at radius 2 is 1.77 bits per heavy atom. The average molecular weight is 356 g/mol. The maximum Gasteiger partial charge on any atom is 0.339 e. The van der Waals surface area contributed by atoms with Gasteiger partial charge in [0.15, 0.2) is 11.5 Å². The molecule has 0 fully saturated rings. The molecule has 1 aliphatic rings. The number of benzene rings is 2. The molecule has 0 bridgehead atoms. The molecular weight excluding hydrogens is 340 g/mol. The summed E-state index contributed by atoms with van der Waals surface area (Å²) in [7, 11) is 1.37. The van der Waals surface area contributed by atoms with Crippen molar-refractivity contribution in [2.75, 3.05) is 13.8 Å². The van der Waals surface area contributed by atoms with Crippen LogP contribution in [-0.4, -0.2) is 31.7 Å². The highest BCUT2D eigenvalue weighted by Gasteiger charge is 2.27. The Hall–Kier alpha value is -3.55. The van der Waals surface area contributed by atoms with Crippen LogP contribution in [0.1, 0.15) is 22.0 Å². The molecular formula is C18H16N2O6. The summed E-state index contributed by atoms with van der Waals surface area (Å²) in [5.74, 6) is -0.544. The molecule has 8 heteroatoms. The van der Waals surface area contributed by atoms with Crippen molar-refractivity contribution in [3.63, 3.8) is 0 Å². The van der Waals surface area contributed by atoms with Gasteiger partial charge in [0, 0.05) is 12.6 Å². The molecule has 134 valence electrons. The molecule has 0 radical (unpaired) electrons. The monoisotopic (exact) mass is 356 g/mol. The summed E-state index contributed by atoms with van der Waals surface area (Å²) in [4.78, 5) is 36.3. The van der Waals surface area contributed by atoms with Crippen molar-refractivity contribution in [2.45, 2.75) is 6.10 Å². The van der Waals surface area contributed by atoms with E-state index in [1.54, 1.807) is 36.4 Å². The fourth-order valence-corrected chi connectivity index (χ4v) is 2.34. The molecule has 2 aromatic rings. The number of carbonyl (C=O) groups is 3. The van der Waals surface area contributed by atoms with Crippen molar-refractivity contribution < 1.29 is 28.6 Å². The van der Waals surface area contributed by atoms with Crippen LogP contribution in [0.15, 0.2) is 48.5 Å². The second-order valence-electron chi connectivity index (χ2n) is 5.33. The van der Waals surface area contributed by atoms with Crippen LogP contribution in [-0.2, 0) is 9.53 Å². The number of ether oxygens (including phenoxy) is 3. The van der Waals surface area contributed by atoms with Crippen LogP contribution in [0.5, 0.6) is 11.5 Å². The van der Waals surface area contributed by atoms with E-state index in [0.717, 1.165) is 0 Å². The molecule has 2 aromatic carbocycles. The topological polar surface area (TPSA) is 103 Å². The number of fused-ring (bicyclic) bond motifs is 1. The average Bonchev–Trinajstić information content (AvgIpc) is 3.14. The molecule has 0 saturated heterocycles. The Morgan fingerprint density at radius 1 is 1.04 bits per heavy atom. The summed E-state index contributed by atoms with van der Waals surface area (Å²) < 4.78 is 15.8. The Kier molecular flexibility index (Phi) is 5.02. The van der Waals surface area contributed by atoms with Crippen molar-refractivity contribution in [3.8, 4) is 11.5 Å². The number of rotatable bonds is 4. The van der Waals surface area contributed by atoms with Gasteiger partial charge in [-0.25, -0.2) is 9.59 Å². The van der Waals surface area contributed by atoms with Gasteiger partial charge in [0.05, 0.1) is 5.56 Å². The van der Waals surface area contributed by atoms with Gasteiger partial charge in [-0.3, -0.25) is 10.1 Å². The quantitative estimate of drug-likeness (QED) is 0.810. The fourth-order valence-electron chi connectivity index (χ4n) is 2.34. The molecule has 26 heavy (non-hydrogen) atoms. The maximum absolute atomic E-state index is 12.5. The van der Waals surface area contributed by atoms with Gasteiger partial charge >= 0.3 is 12.0 Å². The van der Waals surface area contributed by atoms with Crippen LogP contribution in [0, 0.1) is 0 Å². The van der Waals surface area contributed by atoms with E-state index in [2.05, 4.69) is 10.6 Å². The summed E-state index contributed by atoms with van der Waals surface area (Å²) in [5, 5.41) is 4.39. The molecule has 2 N–H and O–H groups in total. The molecule has 1 unspecified atom stereocenters. The minimum Gasteiger partial charge on any atom is -0.454 e. The molecule has 0 aromatic heterocycles. The van der Waals surface area contributed by atoms with E-state index in [1.165, 1.54) is 19.2 Å². The van der Waals surface area contributed by atoms with Gasteiger partial charge in [0.25, 0.3) is 5.91 Å². The summed E-state index contributed by atoms with van der Waals surface area (Å²) in [6.45, 7) is 0.0784. The highest BCUT2D eigenvalue weighted by Crippen LogP contribution is 2.33. The molecule has 0 aliphatic carbocycles. The lowest BCUT2D eigenvalue weighted by Crippen LogP contribution is -2.41. The second-order valence-corrected chi connectivity index (χ2v) is 5.33. The first kappa shape index (κ1) is 17.3. The van der Waals surface area contributed by atoms with Crippen LogP contribution < -0.4 is 20.1 Å². The summed E-state index contributed by atoms with van der Waals surface area (Å²) in [6.07, 6.45) is -1.29. The maximum atomic E-state index is 12.5. The number of hydrogen-bond donors (Lipinski definition) is 2. The van der Waals surface area contributed by atoms with Crippen molar-refractivity contribution >= 4 is 17.9 Å². The third kappa shape index (κ3) is 3.75. The van der Waals surface area contributed by atoms with Gasteiger partial charge in [-0.05, 0) is 18.2 Å². The summed E-state index contributed by atoms with van der Waals surface area (Å²) >= 11 is 0. The van der Waals surface area contributed by atoms with Crippen LogP contribution in [0.4, 0.5) is 4.79 Å². The van der Waals surface area contributed by atoms with E-state index in [0.29, 0.717) is 17.1 Å². The van der Waals surface area contributed by atoms with Gasteiger partial charge in [-0.15, -0.1) is 0 Å². The number of urea groups is 1. The highest BCUT2D eigenvalue weighted by atomic mass is 16.7. The Bertz CT molecular complexity index is 837. The summed E-state index contributed by atoms with van der Waals surface area (Å²) in [6, 6.07) is 12.3. The number of esters is 1. The lowest BCUT2D eigenvalue weighted by molar-refractivity contribution is -0.129. The zero-order chi connectivity index (χ0) is 18.5. The lowest BCUT2D eigenvalue weighted by Gasteiger charge is -2.17. The Labute approximate surface area is 149 Å². The van der Waals surface area contributed by atoms with Gasteiger partial charge < -0.3 is 19.5 Å². The Morgan fingerprint density at radius 3 is 2.50 bits per heavy atom. The van der Waals surface area contributed by atoms with E-state index < -0.39 is 24.0 Å². The minimum absolute atomic E-state index is 0.0784. The molecule has 1 atom stereocenters. The summed E-state index contributed by atoms with van der Waals surface area (Å²) in [5.41, 5.74) is 0.630. The zero-order valence-corrected chi connectivity index (χ0v) is 13.9. The standard InChI is InChI=1S/C18H16N2O6/c1-19-18(23)20-16(21)15(11-5-3-2-4-6-11)26-17(22)12-7-8-13-14(9-12)25-10-24-13/h2-9,15H,10H2,1H3,(H2,19,20,21,23). The third-order valence-corrected chi connectivity index (χ3v) is 3.64. The molecule has 1 heterocycles. The first-order chi connectivity index (χ1) is 12.6. The number of hydrogen-bond acceptors (Lipinski definition) is 6. The molecule has 1 aliphatic heterocycles. The van der Waals surface area contributed by atoms with Crippen LogP contribution in [0.25, 0.3) is 0 Å². The van der Waals surface area contributed by atoms with Gasteiger partial charge in [-0.1, -0.05) is 30.3 Å². The molecule has 3 amide bonds. The minimum atomic E-state index is -1.29. The van der Waals surface area contributed by atoms with Crippen molar-refractivity contribution in [1.29, 1.82) is 0 Å². The van der Waals surface area contributed by atoms with Crippen LogP contribution >= 0.6 is 0 Å². The van der Waals surface area contributed by atoms with Crippen LogP contribution in [0.3, 0.4) is 0 Å². The van der Waals surface area contributed by atoms with E-state index in [9.17, 15) is 14.4 Å². The van der Waals surface area contributed by atoms with Crippen molar-refractivity contribution in [3.05, 3.63) is 59.7 Å². The number of imide groups is 1. The predicted molar refractivity (Wildman–Crippen MR) is 89.8 cm³/mol. The number of carbonyl (C=O) groups excluding carboxylic acids is 3. The SMILES string of the molecule is CNC(=O)NC(=O)C(OC(=O)c1ccc2c(c1)OCO2)c1ccccc1. The van der Waals surface area contributed by atoms with Gasteiger partial charge in [-0.2, -0.15) is 0 Å². The molecule has 8 nitrogen and oxygen atoms in total. The molecule has 3 rings (SSSR count). The smallest absolute Gasteiger partial charge is 0.339 e. The lowest BCUT2D eigenvalue weighted by atomic mass is 10.1. The zero-order valence-electron chi connectivity index (χ0n) is 13.9. The Balaban J connectivity index is 1.82. The van der Waals surface area contributed by atoms with Crippen LogP contribution in [0.2, 0.25) is 0 Å². The number of nitrogens with one attached hydrogen (secondary N) is 2.